The van der Waals surface area contributed by atoms with Gasteiger partial charge in [-0.3, -0.25) is 4.79 Å². The van der Waals surface area contributed by atoms with Crippen molar-refractivity contribution < 1.29 is 9.53 Å². The van der Waals surface area contributed by atoms with Crippen molar-refractivity contribution >= 4 is 17.3 Å². The fourth-order valence-electron chi connectivity index (χ4n) is 1.17. The van der Waals surface area contributed by atoms with Gasteiger partial charge in [0.05, 0.1) is 19.1 Å². The van der Waals surface area contributed by atoms with Gasteiger partial charge in [0, 0.05) is 6.07 Å². The van der Waals surface area contributed by atoms with E-state index in [1.165, 1.54) is 18.6 Å². The summed E-state index contributed by atoms with van der Waals surface area (Å²) in [5, 5.41) is 0.513. The minimum atomic E-state index is -0.416. The number of carbonyl (C=O) groups excluding carboxylic acids is 1. The van der Waals surface area contributed by atoms with Gasteiger partial charge in [0.2, 0.25) is 0 Å². The molecule has 7 heteroatoms. The summed E-state index contributed by atoms with van der Waals surface area (Å²) in [6.07, 6.45) is 2.71. The minimum absolute atomic E-state index is 0.261. The fourth-order valence-corrected chi connectivity index (χ4v) is 1.95. The molecule has 0 atom stereocenters. The van der Waals surface area contributed by atoms with E-state index in [1.54, 1.807) is 6.92 Å². The van der Waals surface area contributed by atoms with Crippen LogP contribution in [-0.2, 0) is 4.74 Å². The number of nitrogens with zero attached hydrogens (tertiary/aromatic N) is 2. The van der Waals surface area contributed by atoms with Gasteiger partial charge in [0.1, 0.15) is 15.6 Å². The normalized spacial score (nSPS) is 10.2. The Balaban J connectivity index is 2.30. The standard InChI is InChI=1S/C10H9N3O3S/c1-2-16-10(15)7-4-11-9(17-7)6-3-8(14)13-5-12-6/h3-5H,2H2,1H3,(H,12,13,14). The zero-order chi connectivity index (χ0) is 12.3. The van der Waals surface area contributed by atoms with Crippen LogP contribution in [0.1, 0.15) is 16.6 Å². The summed E-state index contributed by atoms with van der Waals surface area (Å²) in [4.78, 5) is 33.3. The highest BCUT2D eigenvalue weighted by Crippen LogP contribution is 2.22. The molecule has 2 rings (SSSR count). The number of carbonyl (C=O) groups is 1. The summed E-state index contributed by atoms with van der Waals surface area (Å²) in [6, 6.07) is 1.33. The highest BCUT2D eigenvalue weighted by Gasteiger charge is 2.13. The Morgan fingerprint density at radius 1 is 1.53 bits per heavy atom. The molecule has 2 aromatic rings. The van der Waals surface area contributed by atoms with E-state index >= 15 is 0 Å². The summed E-state index contributed by atoms with van der Waals surface area (Å²) >= 11 is 1.14. The molecule has 6 nitrogen and oxygen atoms in total. The number of aromatic amines is 1. The third-order valence-corrected chi connectivity index (χ3v) is 2.88. The Morgan fingerprint density at radius 2 is 2.35 bits per heavy atom. The van der Waals surface area contributed by atoms with Crippen LogP contribution in [-0.4, -0.2) is 27.5 Å². The summed E-state index contributed by atoms with van der Waals surface area (Å²) in [5.41, 5.74) is 0.178. The average Bonchev–Trinajstić information content (AvgIpc) is 2.78. The van der Waals surface area contributed by atoms with E-state index in [9.17, 15) is 9.59 Å². The van der Waals surface area contributed by atoms with E-state index < -0.39 is 5.97 Å². The van der Waals surface area contributed by atoms with E-state index in [0.717, 1.165) is 11.3 Å². The van der Waals surface area contributed by atoms with Crippen LogP contribution in [0.25, 0.3) is 10.7 Å². The lowest BCUT2D eigenvalue weighted by molar-refractivity contribution is 0.0532. The van der Waals surface area contributed by atoms with Gasteiger partial charge in [-0.25, -0.2) is 14.8 Å². The smallest absolute Gasteiger partial charge is 0.349 e. The number of nitrogens with one attached hydrogen (secondary N) is 1. The molecule has 0 bridgehead atoms. The van der Waals surface area contributed by atoms with Crippen LogP contribution in [0.5, 0.6) is 0 Å². The number of aromatic nitrogens is 3. The lowest BCUT2D eigenvalue weighted by atomic mass is 10.4. The van der Waals surface area contributed by atoms with Gasteiger partial charge < -0.3 is 9.72 Å². The van der Waals surface area contributed by atoms with Crippen LogP contribution < -0.4 is 5.56 Å². The zero-order valence-electron chi connectivity index (χ0n) is 8.97. The maximum absolute atomic E-state index is 11.4. The van der Waals surface area contributed by atoms with Crippen molar-refractivity contribution in [2.75, 3.05) is 6.61 Å². The average molecular weight is 251 g/mol. The Kier molecular flexibility index (Phi) is 3.29. The Morgan fingerprint density at radius 3 is 3.06 bits per heavy atom. The molecule has 2 aromatic heterocycles. The van der Waals surface area contributed by atoms with E-state index in [2.05, 4.69) is 15.0 Å². The van der Waals surface area contributed by atoms with Crippen molar-refractivity contribution in [1.82, 2.24) is 15.0 Å². The fraction of sp³-hybridized carbons (Fsp3) is 0.200. The number of H-pyrrole nitrogens is 1. The maximum Gasteiger partial charge on any atom is 0.349 e. The molecule has 0 radical (unpaired) electrons. The predicted molar refractivity (Wildman–Crippen MR) is 61.9 cm³/mol. The molecule has 88 valence electrons. The van der Waals surface area contributed by atoms with Crippen molar-refractivity contribution in [2.45, 2.75) is 6.92 Å². The van der Waals surface area contributed by atoms with Crippen molar-refractivity contribution in [2.24, 2.45) is 0 Å². The maximum atomic E-state index is 11.4. The van der Waals surface area contributed by atoms with Crippen LogP contribution in [0.4, 0.5) is 0 Å². The number of hydrogen-bond donors (Lipinski definition) is 1. The third kappa shape index (κ3) is 2.56. The van der Waals surface area contributed by atoms with E-state index in [1.807, 2.05) is 0 Å². The number of thiazole rings is 1. The third-order valence-electron chi connectivity index (χ3n) is 1.88. The molecule has 0 aliphatic carbocycles. The molecule has 0 amide bonds. The van der Waals surface area contributed by atoms with Gasteiger partial charge in [-0.2, -0.15) is 0 Å². The molecular formula is C10H9N3O3S. The molecule has 0 saturated heterocycles. The van der Waals surface area contributed by atoms with Crippen molar-refractivity contribution in [3.05, 3.63) is 33.8 Å². The van der Waals surface area contributed by atoms with Crippen molar-refractivity contribution in [1.29, 1.82) is 0 Å². The molecule has 0 aliphatic rings. The number of hydrogen-bond acceptors (Lipinski definition) is 6. The first-order valence-electron chi connectivity index (χ1n) is 4.88. The molecule has 0 unspecified atom stereocenters. The monoisotopic (exact) mass is 251 g/mol. The van der Waals surface area contributed by atoms with E-state index in [0.29, 0.717) is 22.2 Å². The van der Waals surface area contributed by atoms with Gasteiger partial charge in [-0.05, 0) is 6.92 Å². The first-order valence-corrected chi connectivity index (χ1v) is 5.70. The van der Waals surface area contributed by atoms with Gasteiger partial charge in [0.25, 0.3) is 5.56 Å². The second kappa shape index (κ2) is 4.88. The second-order valence-corrected chi connectivity index (χ2v) is 4.08. The van der Waals surface area contributed by atoms with E-state index in [4.69, 9.17) is 4.74 Å². The molecule has 0 spiro atoms. The molecular weight excluding hydrogens is 242 g/mol. The Hall–Kier alpha value is -2.02. The molecule has 0 saturated carbocycles. The van der Waals surface area contributed by atoms with Crippen LogP contribution in [0.3, 0.4) is 0 Å². The minimum Gasteiger partial charge on any atom is -0.462 e. The topological polar surface area (TPSA) is 84.9 Å². The number of esters is 1. The second-order valence-electron chi connectivity index (χ2n) is 3.05. The molecule has 0 aromatic carbocycles. The van der Waals surface area contributed by atoms with Gasteiger partial charge in [-0.1, -0.05) is 0 Å². The first kappa shape index (κ1) is 11.5. The van der Waals surface area contributed by atoms with Crippen molar-refractivity contribution in [3.8, 4) is 10.7 Å². The Labute approximate surface area is 100 Å². The SMILES string of the molecule is CCOC(=O)c1cnc(-c2cc(=O)[nH]cn2)s1. The highest BCUT2D eigenvalue weighted by atomic mass is 32.1. The molecule has 0 aliphatic heterocycles. The lowest BCUT2D eigenvalue weighted by Crippen LogP contribution is -2.04. The van der Waals surface area contributed by atoms with E-state index in [-0.39, 0.29) is 5.56 Å². The molecule has 2 heterocycles. The molecule has 1 N–H and O–H groups in total. The molecule has 17 heavy (non-hydrogen) atoms. The summed E-state index contributed by atoms with van der Waals surface area (Å²) in [5.74, 6) is -0.416. The van der Waals surface area contributed by atoms with Crippen LogP contribution in [0.15, 0.2) is 23.4 Å². The largest absolute Gasteiger partial charge is 0.462 e. The van der Waals surface area contributed by atoms with Crippen molar-refractivity contribution in [3.63, 3.8) is 0 Å². The molecule has 0 fully saturated rings. The summed E-state index contributed by atoms with van der Waals surface area (Å²) < 4.78 is 4.84. The predicted octanol–water partition coefficient (Wildman–Crippen LogP) is 1.07. The number of rotatable bonds is 3. The zero-order valence-corrected chi connectivity index (χ0v) is 9.78. The first-order chi connectivity index (χ1) is 8.20. The van der Waals surface area contributed by atoms with Gasteiger partial charge in [-0.15, -0.1) is 11.3 Å². The van der Waals surface area contributed by atoms with Gasteiger partial charge >= 0.3 is 5.97 Å². The number of ether oxygens (including phenoxy) is 1. The Bertz CT molecular complexity index is 590. The van der Waals surface area contributed by atoms with Crippen LogP contribution in [0.2, 0.25) is 0 Å². The summed E-state index contributed by atoms with van der Waals surface area (Å²) in [6.45, 7) is 2.05. The quantitative estimate of drug-likeness (QED) is 0.825. The summed E-state index contributed by atoms with van der Waals surface area (Å²) in [7, 11) is 0. The van der Waals surface area contributed by atoms with Crippen LogP contribution >= 0.6 is 11.3 Å². The van der Waals surface area contributed by atoms with Crippen LogP contribution in [0, 0.1) is 0 Å². The van der Waals surface area contributed by atoms with Gasteiger partial charge in [0.15, 0.2) is 0 Å². The highest BCUT2D eigenvalue weighted by molar-refractivity contribution is 7.16. The lowest BCUT2D eigenvalue weighted by Gasteiger charge is -1.95.